The lowest BCUT2D eigenvalue weighted by molar-refractivity contribution is 0.652. The molecule has 0 N–H and O–H groups in total. The van der Waals surface area contributed by atoms with Crippen molar-refractivity contribution in [2.24, 2.45) is 0 Å². The van der Waals surface area contributed by atoms with Gasteiger partial charge in [-0.3, -0.25) is 4.57 Å². The molecule has 0 bridgehead atoms. The minimum atomic E-state index is -0.117. The molecule has 0 radical (unpaired) electrons. The van der Waals surface area contributed by atoms with Crippen molar-refractivity contribution in [3.63, 3.8) is 0 Å². The van der Waals surface area contributed by atoms with Crippen molar-refractivity contribution in [3.8, 4) is 28.2 Å². The molecule has 0 saturated heterocycles. The van der Waals surface area contributed by atoms with Crippen LogP contribution in [0.4, 0.5) is 0 Å². The summed E-state index contributed by atoms with van der Waals surface area (Å²) in [5.74, 6) is 0.775. The van der Waals surface area contributed by atoms with Gasteiger partial charge in [0, 0.05) is 42.6 Å². The van der Waals surface area contributed by atoms with Gasteiger partial charge in [0.15, 0.2) is 5.82 Å². The van der Waals surface area contributed by atoms with E-state index in [2.05, 4.69) is 171 Å². The van der Waals surface area contributed by atoms with Crippen LogP contribution in [-0.4, -0.2) is 14.5 Å². The van der Waals surface area contributed by atoms with Gasteiger partial charge in [0.25, 0.3) is 0 Å². The molecule has 0 unspecified atom stereocenters. The molecule has 1 aliphatic carbocycles. The molecule has 0 amide bonds. The molecule has 278 valence electrons. The molecule has 1 aliphatic rings. The molecule has 59 heavy (non-hydrogen) atoms. The number of aryl methyl sites for hydroxylation is 1. The van der Waals surface area contributed by atoms with Gasteiger partial charge in [-0.15, -0.1) is 11.3 Å². The van der Waals surface area contributed by atoms with Crippen molar-refractivity contribution in [2.45, 2.75) is 26.2 Å². The molecule has 5 heteroatoms. The van der Waals surface area contributed by atoms with Crippen molar-refractivity contribution < 1.29 is 4.42 Å². The lowest BCUT2D eigenvalue weighted by Crippen LogP contribution is -2.14. The summed E-state index contributed by atoms with van der Waals surface area (Å²) in [5, 5.41) is 10.8. The van der Waals surface area contributed by atoms with Gasteiger partial charge >= 0.3 is 0 Å². The number of fused-ring (bicyclic) bond motifs is 17. The standard InChI is InChI=1S/C54H35N3OS/c1-5-30-19-23-43-39(25-30)46-35-15-8-9-16-36(35)47-40-26-31-12-6-7-13-32(31)28-45(40)59-51(47)50(46)57(43)52-48(56-53-49(55-52)37-21-18-29(2)24-44(37)58-53)33-20-22-42-38(27-33)34-14-10-11-17-41(34)54(42,3)4/h5-28H,1H2,2-4H3. The largest absolute Gasteiger partial charge is 0.436 e. The number of benzene rings is 8. The first kappa shape index (κ1) is 32.9. The van der Waals surface area contributed by atoms with E-state index in [0.29, 0.717) is 5.71 Å². The van der Waals surface area contributed by atoms with Crippen molar-refractivity contribution in [2.75, 3.05) is 0 Å². The highest BCUT2D eigenvalue weighted by Crippen LogP contribution is 2.52. The van der Waals surface area contributed by atoms with E-state index >= 15 is 0 Å². The van der Waals surface area contributed by atoms with Crippen LogP contribution in [0.25, 0.3) is 120 Å². The minimum Gasteiger partial charge on any atom is -0.436 e. The molecule has 8 aromatic carbocycles. The second-order valence-electron chi connectivity index (χ2n) is 16.7. The Hall–Kier alpha value is -7.08. The fraction of sp³-hybridized carbons (Fsp3) is 0.0741. The van der Waals surface area contributed by atoms with E-state index in [1.807, 2.05) is 17.4 Å². The molecule has 0 aliphatic heterocycles. The van der Waals surface area contributed by atoms with Gasteiger partial charge in [-0.05, 0) is 104 Å². The highest BCUT2D eigenvalue weighted by molar-refractivity contribution is 7.27. The molecule has 4 nitrogen and oxygen atoms in total. The van der Waals surface area contributed by atoms with Crippen LogP contribution in [-0.2, 0) is 5.41 Å². The van der Waals surface area contributed by atoms with Gasteiger partial charge in [0.1, 0.15) is 16.8 Å². The van der Waals surface area contributed by atoms with Gasteiger partial charge in [0.05, 0.1) is 15.7 Å². The van der Waals surface area contributed by atoms with E-state index in [4.69, 9.17) is 14.4 Å². The number of furan rings is 1. The minimum absolute atomic E-state index is 0.117. The highest BCUT2D eigenvalue weighted by atomic mass is 32.1. The first-order valence-electron chi connectivity index (χ1n) is 20.2. The van der Waals surface area contributed by atoms with Crippen molar-refractivity contribution in [1.82, 2.24) is 14.5 Å². The van der Waals surface area contributed by atoms with Crippen LogP contribution >= 0.6 is 11.3 Å². The van der Waals surface area contributed by atoms with E-state index in [1.54, 1.807) is 0 Å². The Kier molecular flexibility index (Phi) is 6.44. The van der Waals surface area contributed by atoms with Crippen LogP contribution < -0.4 is 0 Å². The zero-order valence-corrected chi connectivity index (χ0v) is 33.5. The first-order valence-corrected chi connectivity index (χ1v) is 21.0. The maximum absolute atomic E-state index is 6.57. The maximum Gasteiger partial charge on any atom is 0.247 e. The normalized spacial score (nSPS) is 13.5. The predicted octanol–water partition coefficient (Wildman–Crippen LogP) is 15.1. The summed E-state index contributed by atoms with van der Waals surface area (Å²) in [5.41, 5.74) is 13.3. The molecule has 13 rings (SSSR count). The second kappa shape index (κ2) is 11.5. The Morgan fingerprint density at radius 1 is 0.661 bits per heavy atom. The van der Waals surface area contributed by atoms with Crippen molar-refractivity contribution >= 4 is 103 Å². The second-order valence-corrected chi connectivity index (χ2v) is 17.7. The molecular formula is C54H35N3OS. The summed E-state index contributed by atoms with van der Waals surface area (Å²) >= 11 is 1.87. The topological polar surface area (TPSA) is 43.9 Å². The van der Waals surface area contributed by atoms with Gasteiger partial charge in [-0.25, -0.2) is 9.97 Å². The van der Waals surface area contributed by atoms with E-state index in [1.165, 1.54) is 69.4 Å². The molecule has 4 heterocycles. The molecule has 4 aromatic heterocycles. The lowest BCUT2D eigenvalue weighted by atomic mass is 9.82. The molecule has 0 saturated carbocycles. The Labute approximate surface area is 343 Å². The zero-order chi connectivity index (χ0) is 39.3. The van der Waals surface area contributed by atoms with Gasteiger partial charge in [-0.1, -0.05) is 124 Å². The van der Waals surface area contributed by atoms with E-state index in [-0.39, 0.29) is 5.41 Å². The van der Waals surface area contributed by atoms with Crippen molar-refractivity contribution in [1.29, 1.82) is 0 Å². The third-order valence-electron chi connectivity index (χ3n) is 13.0. The third-order valence-corrected chi connectivity index (χ3v) is 14.1. The fourth-order valence-electron chi connectivity index (χ4n) is 10.2. The number of thiophene rings is 1. The first-order chi connectivity index (χ1) is 28.9. The molecular weight excluding hydrogens is 739 g/mol. The summed E-state index contributed by atoms with van der Waals surface area (Å²) in [6.07, 6.45) is 1.94. The lowest BCUT2D eigenvalue weighted by Gasteiger charge is -2.21. The summed E-state index contributed by atoms with van der Waals surface area (Å²) in [6.45, 7) is 10.9. The van der Waals surface area contributed by atoms with Crippen LogP contribution in [0.15, 0.2) is 151 Å². The van der Waals surface area contributed by atoms with Crippen LogP contribution in [0.5, 0.6) is 0 Å². The molecule has 0 spiro atoms. The van der Waals surface area contributed by atoms with E-state index in [0.717, 1.165) is 61.1 Å². The fourth-order valence-corrected chi connectivity index (χ4v) is 11.5. The molecule has 12 aromatic rings. The smallest absolute Gasteiger partial charge is 0.247 e. The number of rotatable bonds is 3. The Morgan fingerprint density at radius 3 is 2.27 bits per heavy atom. The number of hydrogen-bond acceptors (Lipinski definition) is 4. The number of nitrogens with zero attached hydrogens (tertiary/aromatic N) is 3. The zero-order valence-electron chi connectivity index (χ0n) is 32.7. The summed E-state index contributed by atoms with van der Waals surface area (Å²) in [6, 6.07) is 51.0. The molecule has 0 atom stereocenters. The molecule has 0 fully saturated rings. The van der Waals surface area contributed by atoms with Gasteiger partial charge in [0.2, 0.25) is 5.71 Å². The Bertz CT molecular complexity index is 3860. The Morgan fingerprint density at radius 2 is 1.42 bits per heavy atom. The van der Waals surface area contributed by atoms with Crippen LogP contribution in [0.3, 0.4) is 0 Å². The van der Waals surface area contributed by atoms with E-state index in [9.17, 15) is 0 Å². The monoisotopic (exact) mass is 773 g/mol. The third kappa shape index (κ3) is 4.37. The summed E-state index contributed by atoms with van der Waals surface area (Å²) in [4.78, 5) is 11.2. The van der Waals surface area contributed by atoms with Crippen LogP contribution in [0.2, 0.25) is 0 Å². The highest BCUT2D eigenvalue weighted by Gasteiger charge is 2.36. The average Bonchev–Trinajstić information content (AvgIpc) is 3.98. The van der Waals surface area contributed by atoms with Crippen molar-refractivity contribution in [3.05, 3.63) is 168 Å². The van der Waals surface area contributed by atoms with Gasteiger partial charge < -0.3 is 4.42 Å². The van der Waals surface area contributed by atoms with Gasteiger partial charge in [-0.2, -0.15) is 0 Å². The quantitative estimate of drug-likeness (QED) is 0.180. The number of aromatic nitrogens is 3. The van der Waals surface area contributed by atoms with Crippen LogP contribution in [0.1, 0.15) is 36.1 Å². The Balaban J connectivity index is 1.24. The maximum atomic E-state index is 6.57. The summed E-state index contributed by atoms with van der Waals surface area (Å²) in [7, 11) is 0. The number of hydrogen-bond donors (Lipinski definition) is 0. The SMILES string of the molecule is C=Cc1ccc2c(c1)c1c3ccccc3c3c4cc5ccccc5cc4sc3c1n2-c1nc2c(nc1-c1ccc3c(c1)-c1ccccc1C3(C)C)oc1cc(C)ccc12. The summed E-state index contributed by atoms with van der Waals surface area (Å²) < 4.78 is 11.5. The van der Waals surface area contributed by atoms with E-state index < -0.39 is 0 Å². The predicted molar refractivity (Wildman–Crippen MR) is 249 cm³/mol. The van der Waals surface area contributed by atoms with Crippen LogP contribution in [0, 0.1) is 6.92 Å². The average molecular weight is 774 g/mol.